The summed E-state index contributed by atoms with van der Waals surface area (Å²) in [6.45, 7) is 0.486. The fourth-order valence-electron chi connectivity index (χ4n) is 1.46. The first kappa shape index (κ1) is 13.4. The fraction of sp³-hybridized carbons (Fsp3) is 0.143. The van der Waals surface area contributed by atoms with E-state index in [9.17, 15) is 0 Å². The average Bonchev–Trinajstić information content (AvgIpc) is 2.47. The van der Waals surface area contributed by atoms with Crippen LogP contribution in [0.15, 0.2) is 53.8 Å². The van der Waals surface area contributed by atoms with Crippen molar-refractivity contribution in [3.05, 3.63) is 54.4 Å². The number of pyridine rings is 1. The van der Waals surface area contributed by atoms with Gasteiger partial charge in [-0.2, -0.15) is 0 Å². The number of aromatic nitrogens is 1. The van der Waals surface area contributed by atoms with Crippen molar-refractivity contribution in [1.29, 1.82) is 0 Å². The third-order valence-corrected chi connectivity index (χ3v) is 2.65. The molecule has 1 aromatic heterocycles. The predicted octanol–water partition coefficient (Wildman–Crippen LogP) is 2.89. The molecule has 0 aliphatic rings. The van der Waals surface area contributed by atoms with Gasteiger partial charge in [-0.3, -0.25) is 4.98 Å². The molecular weight excluding hydrogens is 262 g/mol. The molecule has 0 amide bonds. The Kier molecular flexibility index (Phi) is 4.75. The number of ether oxygens (including phenoxy) is 1. The quantitative estimate of drug-likeness (QED) is 0.518. The molecule has 0 saturated carbocycles. The molecule has 2 rings (SSSR count). The van der Waals surface area contributed by atoms with Gasteiger partial charge < -0.3 is 10.5 Å². The molecule has 0 unspecified atom stereocenters. The zero-order valence-electron chi connectivity index (χ0n) is 10.3. The molecule has 1 aromatic carbocycles. The van der Waals surface area contributed by atoms with Crippen LogP contribution in [0.2, 0.25) is 0 Å². The summed E-state index contributed by atoms with van der Waals surface area (Å²) in [6, 6.07) is 11.2. The summed E-state index contributed by atoms with van der Waals surface area (Å²) in [5.41, 5.74) is 7.34. The highest BCUT2D eigenvalue weighted by molar-refractivity contribution is 6.28. The van der Waals surface area contributed by atoms with Crippen molar-refractivity contribution in [2.45, 2.75) is 6.61 Å². The van der Waals surface area contributed by atoms with Crippen LogP contribution >= 0.6 is 11.6 Å². The summed E-state index contributed by atoms with van der Waals surface area (Å²) in [5.74, 6) is 1.39. The summed E-state index contributed by atoms with van der Waals surface area (Å²) in [5, 5.41) is 0. The van der Waals surface area contributed by atoms with Crippen molar-refractivity contribution in [2.75, 3.05) is 5.88 Å². The summed E-state index contributed by atoms with van der Waals surface area (Å²) in [7, 11) is 0. The van der Waals surface area contributed by atoms with E-state index in [0.717, 1.165) is 17.0 Å². The highest BCUT2D eigenvalue weighted by Crippen LogP contribution is 2.19. The number of hydrogen-bond donors (Lipinski definition) is 1. The molecule has 4 nitrogen and oxygen atoms in total. The van der Waals surface area contributed by atoms with E-state index in [1.807, 2.05) is 36.4 Å². The molecule has 19 heavy (non-hydrogen) atoms. The van der Waals surface area contributed by atoms with Gasteiger partial charge in [0, 0.05) is 18.0 Å². The number of nitrogens with zero attached hydrogens (tertiary/aromatic N) is 2. The molecule has 0 spiro atoms. The molecule has 0 bridgehead atoms. The number of amidine groups is 1. The van der Waals surface area contributed by atoms with Gasteiger partial charge >= 0.3 is 0 Å². The van der Waals surface area contributed by atoms with Crippen molar-refractivity contribution in [2.24, 2.45) is 10.7 Å². The second-order valence-electron chi connectivity index (χ2n) is 3.88. The first-order chi connectivity index (χ1) is 9.28. The van der Waals surface area contributed by atoms with Crippen molar-refractivity contribution in [1.82, 2.24) is 4.98 Å². The second kappa shape index (κ2) is 6.75. The molecule has 5 heteroatoms. The van der Waals surface area contributed by atoms with Crippen molar-refractivity contribution in [3.63, 3.8) is 0 Å². The van der Waals surface area contributed by atoms with Crippen LogP contribution in [0.5, 0.6) is 5.75 Å². The van der Waals surface area contributed by atoms with Gasteiger partial charge in [0.25, 0.3) is 0 Å². The standard InChI is InChI=1S/C14H14ClN3O/c15-8-14(16)18-12-3-5-13(6-4-12)19-10-11-2-1-7-17-9-11/h1-7,9H,8,10H2,(H2,16,18). The maximum absolute atomic E-state index is 5.63. The Morgan fingerprint density at radius 2 is 2.05 bits per heavy atom. The second-order valence-corrected chi connectivity index (χ2v) is 4.15. The van der Waals surface area contributed by atoms with Gasteiger partial charge in [0.1, 0.15) is 18.2 Å². The molecule has 2 aromatic rings. The smallest absolute Gasteiger partial charge is 0.119 e. The van der Waals surface area contributed by atoms with Crippen LogP contribution in [0, 0.1) is 0 Å². The van der Waals surface area contributed by atoms with Gasteiger partial charge in [-0.25, -0.2) is 4.99 Å². The molecule has 0 radical (unpaired) electrons. The zero-order valence-corrected chi connectivity index (χ0v) is 11.0. The van der Waals surface area contributed by atoms with Gasteiger partial charge in [0.05, 0.1) is 11.6 Å². The van der Waals surface area contributed by atoms with E-state index in [-0.39, 0.29) is 5.88 Å². The lowest BCUT2D eigenvalue weighted by Crippen LogP contribution is -2.12. The summed E-state index contributed by atoms with van der Waals surface area (Å²) < 4.78 is 5.63. The number of hydrogen-bond acceptors (Lipinski definition) is 3. The van der Waals surface area contributed by atoms with E-state index in [0.29, 0.717) is 12.4 Å². The van der Waals surface area contributed by atoms with Crippen LogP contribution in [0.3, 0.4) is 0 Å². The zero-order chi connectivity index (χ0) is 13.5. The van der Waals surface area contributed by atoms with E-state index in [1.54, 1.807) is 12.4 Å². The van der Waals surface area contributed by atoms with E-state index in [2.05, 4.69) is 9.98 Å². The summed E-state index contributed by atoms with van der Waals surface area (Å²) in [6.07, 6.45) is 3.51. The number of aliphatic imine (C=N–C) groups is 1. The fourth-order valence-corrected chi connectivity index (χ4v) is 1.52. The van der Waals surface area contributed by atoms with Gasteiger partial charge in [-0.1, -0.05) is 6.07 Å². The molecule has 0 fully saturated rings. The normalized spacial score (nSPS) is 11.3. The third-order valence-electron chi connectivity index (χ3n) is 2.37. The van der Waals surface area contributed by atoms with E-state index < -0.39 is 0 Å². The van der Waals surface area contributed by atoms with Crippen molar-refractivity contribution >= 4 is 23.1 Å². The largest absolute Gasteiger partial charge is 0.489 e. The van der Waals surface area contributed by atoms with Crippen LogP contribution < -0.4 is 10.5 Å². The Morgan fingerprint density at radius 3 is 2.68 bits per heavy atom. The van der Waals surface area contributed by atoms with Crippen LogP contribution in [-0.2, 0) is 6.61 Å². The van der Waals surface area contributed by atoms with Gasteiger partial charge in [-0.05, 0) is 30.3 Å². The van der Waals surface area contributed by atoms with E-state index >= 15 is 0 Å². The summed E-state index contributed by atoms with van der Waals surface area (Å²) >= 11 is 5.56. The van der Waals surface area contributed by atoms with Crippen molar-refractivity contribution in [3.8, 4) is 5.75 Å². The first-order valence-corrected chi connectivity index (χ1v) is 6.32. The number of rotatable bonds is 5. The molecule has 1 heterocycles. The average molecular weight is 276 g/mol. The highest BCUT2D eigenvalue weighted by atomic mass is 35.5. The van der Waals surface area contributed by atoms with E-state index in [1.165, 1.54) is 0 Å². The van der Waals surface area contributed by atoms with Crippen LogP contribution in [0.1, 0.15) is 5.56 Å². The molecule has 0 aliphatic heterocycles. The lowest BCUT2D eigenvalue weighted by atomic mass is 10.3. The summed E-state index contributed by atoms with van der Waals surface area (Å²) in [4.78, 5) is 8.16. The first-order valence-electron chi connectivity index (χ1n) is 5.78. The highest BCUT2D eigenvalue weighted by Gasteiger charge is 1.97. The van der Waals surface area contributed by atoms with Crippen molar-refractivity contribution < 1.29 is 4.74 Å². The minimum atomic E-state index is 0.221. The topological polar surface area (TPSA) is 60.5 Å². The van der Waals surface area contributed by atoms with Gasteiger partial charge in [0.2, 0.25) is 0 Å². The monoisotopic (exact) mass is 275 g/mol. The van der Waals surface area contributed by atoms with Crippen LogP contribution in [0.4, 0.5) is 5.69 Å². The molecule has 98 valence electrons. The lowest BCUT2D eigenvalue weighted by molar-refractivity contribution is 0.306. The molecule has 0 aliphatic carbocycles. The Hall–Kier alpha value is -2.07. The lowest BCUT2D eigenvalue weighted by Gasteiger charge is -2.06. The maximum atomic E-state index is 5.63. The minimum Gasteiger partial charge on any atom is -0.489 e. The number of benzene rings is 1. The number of halogens is 1. The Morgan fingerprint density at radius 1 is 1.26 bits per heavy atom. The van der Waals surface area contributed by atoms with Gasteiger partial charge in [0.15, 0.2) is 0 Å². The maximum Gasteiger partial charge on any atom is 0.119 e. The Labute approximate surface area is 116 Å². The number of alkyl halides is 1. The van der Waals surface area contributed by atoms with Gasteiger partial charge in [-0.15, -0.1) is 11.6 Å². The minimum absolute atomic E-state index is 0.221. The molecular formula is C14H14ClN3O. The van der Waals surface area contributed by atoms with Crippen LogP contribution in [0.25, 0.3) is 0 Å². The third kappa shape index (κ3) is 4.26. The SMILES string of the molecule is NC(CCl)=Nc1ccc(OCc2cccnc2)cc1. The van der Waals surface area contributed by atoms with E-state index in [4.69, 9.17) is 22.1 Å². The number of nitrogens with two attached hydrogens (primary N) is 1. The Balaban J connectivity index is 1.96. The molecule has 0 atom stereocenters. The Bertz CT molecular complexity index is 540. The predicted molar refractivity (Wildman–Crippen MR) is 77.0 cm³/mol. The molecule has 0 saturated heterocycles. The molecule has 2 N–H and O–H groups in total. The van der Waals surface area contributed by atoms with Crippen LogP contribution in [-0.4, -0.2) is 16.7 Å².